The largest absolute Gasteiger partial charge is 0.354 e. The van der Waals surface area contributed by atoms with Gasteiger partial charge in [-0.2, -0.15) is 0 Å². The highest BCUT2D eigenvalue weighted by molar-refractivity contribution is 5.76. The van der Waals surface area contributed by atoms with Crippen LogP contribution in [0, 0.1) is 6.92 Å². The van der Waals surface area contributed by atoms with Gasteiger partial charge in [0.2, 0.25) is 11.8 Å². The molecule has 2 aromatic carbocycles. The lowest BCUT2D eigenvalue weighted by Gasteiger charge is -2.21. The molecule has 1 N–H and O–H groups in total. The number of hydrogen-bond donors (Lipinski definition) is 1. The van der Waals surface area contributed by atoms with Gasteiger partial charge in [-0.1, -0.05) is 60.2 Å². The van der Waals surface area contributed by atoms with Gasteiger partial charge in [0, 0.05) is 33.0 Å². The Labute approximate surface area is 149 Å². The van der Waals surface area contributed by atoms with Crippen LogP contribution in [0.2, 0.25) is 0 Å². The zero-order chi connectivity index (χ0) is 18.1. The first-order valence-corrected chi connectivity index (χ1v) is 8.66. The zero-order valence-corrected chi connectivity index (χ0v) is 15.0. The van der Waals surface area contributed by atoms with Gasteiger partial charge in [-0.15, -0.1) is 0 Å². The maximum Gasteiger partial charge on any atom is 0.220 e. The first-order valence-electron chi connectivity index (χ1n) is 8.66. The van der Waals surface area contributed by atoms with Gasteiger partial charge in [-0.05, 0) is 24.5 Å². The SMILES string of the molecule is CC(=O)N(CCNC(=O)CCc1ccccc1)Cc1cccc(C)c1. The molecule has 0 saturated heterocycles. The lowest BCUT2D eigenvalue weighted by atomic mass is 10.1. The summed E-state index contributed by atoms with van der Waals surface area (Å²) in [5, 5.41) is 2.90. The number of nitrogens with zero attached hydrogens (tertiary/aromatic N) is 1. The predicted octanol–water partition coefficient (Wildman–Crippen LogP) is 3.09. The van der Waals surface area contributed by atoms with Crippen LogP contribution in [0.5, 0.6) is 0 Å². The van der Waals surface area contributed by atoms with Crippen LogP contribution in [0.15, 0.2) is 54.6 Å². The second-order valence-corrected chi connectivity index (χ2v) is 6.27. The standard InChI is InChI=1S/C21H26N2O2/c1-17-7-6-10-20(15-17)16-23(18(2)24)14-13-22-21(25)12-11-19-8-4-3-5-9-19/h3-10,15H,11-14,16H2,1-2H3,(H,22,25). The summed E-state index contributed by atoms with van der Waals surface area (Å²) in [6, 6.07) is 18.1. The second kappa shape index (κ2) is 9.62. The van der Waals surface area contributed by atoms with Crippen molar-refractivity contribution in [3.63, 3.8) is 0 Å². The van der Waals surface area contributed by atoms with Gasteiger partial charge in [-0.3, -0.25) is 9.59 Å². The maximum absolute atomic E-state index is 12.0. The molecule has 132 valence electrons. The van der Waals surface area contributed by atoms with Gasteiger partial charge >= 0.3 is 0 Å². The van der Waals surface area contributed by atoms with E-state index in [-0.39, 0.29) is 11.8 Å². The van der Waals surface area contributed by atoms with Crippen LogP contribution in [-0.4, -0.2) is 29.8 Å². The third-order valence-electron chi connectivity index (χ3n) is 4.09. The third-order valence-corrected chi connectivity index (χ3v) is 4.09. The molecule has 0 bridgehead atoms. The first-order chi connectivity index (χ1) is 12.0. The van der Waals surface area contributed by atoms with E-state index >= 15 is 0 Å². The summed E-state index contributed by atoms with van der Waals surface area (Å²) in [6.45, 7) is 5.15. The average molecular weight is 338 g/mol. The number of amides is 2. The number of carbonyl (C=O) groups excluding carboxylic acids is 2. The van der Waals surface area contributed by atoms with Crippen molar-refractivity contribution in [1.82, 2.24) is 10.2 Å². The third kappa shape index (κ3) is 6.79. The smallest absolute Gasteiger partial charge is 0.220 e. The lowest BCUT2D eigenvalue weighted by molar-refractivity contribution is -0.130. The Kier molecular flexibility index (Phi) is 7.20. The van der Waals surface area contributed by atoms with Gasteiger partial charge in [0.25, 0.3) is 0 Å². The highest BCUT2D eigenvalue weighted by Crippen LogP contribution is 2.08. The quantitative estimate of drug-likeness (QED) is 0.804. The summed E-state index contributed by atoms with van der Waals surface area (Å²) >= 11 is 0. The van der Waals surface area contributed by atoms with Crippen molar-refractivity contribution in [1.29, 1.82) is 0 Å². The molecule has 0 spiro atoms. The fraction of sp³-hybridized carbons (Fsp3) is 0.333. The minimum atomic E-state index is 0.0139. The molecule has 0 heterocycles. The molecular formula is C21H26N2O2. The molecular weight excluding hydrogens is 312 g/mol. The summed E-state index contributed by atoms with van der Waals surface area (Å²) in [5.41, 5.74) is 3.43. The van der Waals surface area contributed by atoms with Crippen LogP contribution in [0.4, 0.5) is 0 Å². The number of hydrogen-bond acceptors (Lipinski definition) is 2. The normalized spacial score (nSPS) is 10.3. The monoisotopic (exact) mass is 338 g/mol. The van der Waals surface area contributed by atoms with Crippen molar-refractivity contribution in [3.05, 3.63) is 71.3 Å². The minimum absolute atomic E-state index is 0.0139. The summed E-state index contributed by atoms with van der Waals surface area (Å²) in [7, 11) is 0. The zero-order valence-electron chi connectivity index (χ0n) is 15.0. The minimum Gasteiger partial charge on any atom is -0.354 e. The molecule has 0 aliphatic rings. The summed E-state index contributed by atoms with van der Waals surface area (Å²) in [6.07, 6.45) is 1.19. The highest BCUT2D eigenvalue weighted by atomic mass is 16.2. The van der Waals surface area contributed by atoms with Crippen molar-refractivity contribution in [3.8, 4) is 0 Å². The van der Waals surface area contributed by atoms with Crippen molar-refractivity contribution in [2.75, 3.05) is 13.1 Å². The molecule has 25 heavy (non-hydrogen) atoms. The summed E-state index contributed by atoms with van der Waals surface area (Å²) in [5.74, 6) is 0.0305. The lowest BCUT2D eigenvalue weighted by Crippen LogP contribution is -2.37. The molecule has 0 radical (unpaired) electrons. The number of aryl methyl sites for hydroxylation is 2. The Bertz CT molecular complexity index is 698. The Balaban J connectivity index is 1.75. The summed E-state index contributed by atoms with van der Waals surface area (Å²) in [4.78, 5) is 25.5. The molecule has 2 aromatic rings. The Morgan fingerprint density at radius 2 is 1.72 bits per heavy atom. The van der Waals surface area contributed by atoms with Gasteiger partial charge in [0.15, 0.2) is 0 Å². The van der Waals surface area contributed by atoms with E-state index in [0.717, 1.165) is 17.5 Å². The molecule has 0 aliphatic heterocycles. The van der Waals surface area contributed by atoms with Crippen molar-refractivity contribution in [2.24, 2.45) is 0 Å². The van der Waals surface area contributed by atoms with Crippen LogP contribution in [0.25, 0.3) is 0 Å². The Morgan fingerprint density at radius 3 is 2.40 bits per heavy atom. The molecule has 0 atom stereocenters. The Hall–Kier alpha value is -2.62. The molecule has 0 aliphatic carbocycles. The number of carbonyl (C=O) groups is 2. The number of nitrogens with one attached hydrogen (secondary N) is 1. The fourth-order valence-electron chi connectivity index (χ4n) is 2.70. The number of benzene rings is 2. The maximum atomic E-state index is 12.0. The average Bonchev–Trinajstić information content (AvgIpc) is 2.60. The van der Waals surface area contributed by atoms with Gasteiger partial charge in [-0.25, -0.2) is 0 Å². The van der Waals surface area contributed by atoms with E-state index < -0.39 is 0 Å². The molecule has 4 heteroatoms. The van der Waals surface area contributed by atoms with E-state index in [1.807, 2.05) is 55.5 Å². The van der Waals surface area contributed by atoms with E-state index in [1.165, 1.54) is 5.56 Å². The van der Waals surface area contributed by atoms with Crippen LogP contribution in [0.1, 0.15) is 30.0 Å². The molecule has 2 amide bonds. The number of rotatable bonds is 8. The van der Waals surface area contributed by atoms with Gasteiger partial charge < -0.3 is 10.2 Å². The van der Waals surface area contributed by atoms with E-state index in [1.54, 1.807) is 11.8 Å². The van der Waals surface area contributed by atoms with Crippen molar-refractivity contribution >= 4 is 11.8 Å². The van der Waals surface area contributed by atoms with Crippen LogP contribution >= 0.6 is 0 Å². The Morgan fingerprint density at radius 1 is 1.00 bits per heavy atom. The topological polar surface area (TPSA) is 49.4 Å². The molecule has 0 unspecified atom stereocenters. The van der Waals surface area contributed by atoms with E-state index in [2.05, 4.69) is 11.4 Å². The van der Waals surface area contributed by atoms with Gasteiger partial charge in [0.1, 0.15) is 0 Å². The van der Waals surface area contributed by atoms with Gasteiger partial charge in [0.05, 0.1) is 0 Å². The molecule has 2 rings (SSSR count). The second-order valence-electron chi connectivity index (χ2n) is 6.27. The predicted molar refractivity (Wildman–Crippen MR) is 100 cm³/mol. The summed E-state index contributed by atoms with van der Waals surface area (Å²) < 4.78 is 0. The van der Waals surface area contributed by atoms with Crippen LogP contribution in [-0.2, 0) is 22.6 Å². The van der Waals surface area contributed by atoms with Crippen LogP contribution in [0.3, 0.4) is 0 Å². The molecule has 0 fully saturated rings. The highest BCUT2D eigenvalue weighted by Gasteiger charge is 2.10. The fourth-order valence-corrected chi connectivity index (χ4v) is 2.70. The first kappa shape index (κ1) is 18.7. The molecule has 4 nitrogen and oxygen atoms in total. The van der Waals surface area contributed by atoms with Crippen LogP contribution < -0.4 is 5.32 Å². The van der Waals surface area contributed by atoms with E-state index in [9.17, 15) is 9.59 Å². The van der Waals surface area contributed by atoms with E-state index in [0.29, 0.717) is 26.1 Å². The van der Waals surface area contributed by atoms with E-state index in [4.69, 9.17) is 0 Å². The van der Waals surface area contributed by atoms with Crippen molar-refractivity contribution < 1.29 is 9.59 Å². The van der Waals surface area contributed by atoms with Crippen molar-refractivity contribution in [2.45, 2.75) is 33.2 Å². The molecule has 0 saturated carbocycles. The molecule has 0 aromatic heterocycles.